The number of hydrogen-bond acceptors (Lipinski definition) is 8. The Hall–Kier alpha value is -3.58. The zero-order chi connectivity index (χ0) is 26.0. The Morgan fingerprint density at radius 3 is 2.37 bits per heavy atom. The minimum absolute atomic E-state index is 0.115. The molecule has 1 fully saturated rings. The number of likely N-dealkylation sites (tertiary alicyclic amines) is 1. The van der Waals surface area contributed by atoms with Crippen molar-refractivity contribution in [1.29, 1.82) is 0 Å². The summed E-state index contributed by atoms with van der Waals surface area (Å²) in [4.78, 5) is 66.5. The first-order valence-electron chi connectivity index (χ1n) is 11.5. The third-order valence-electron chi connectivity index (χ3n) is 5.44. The number of nitrogens with one attached hydrogen (secondary N) is 3. The maximum Gasteiger partial charge on any atom is 0.270 e. The van der Waals surface area contributed by atoms with Gasteiger partial charge < -0.3 is 37.4 Å². The number of primary amides is 1. The molecule has 13 heteroatoms. The number of nitrogens with zero attached hydrogens (tertiary/aromatic N) is 2. The summed E-state index contributed by atoms with van der Waals surface area (Å²) in [5.74, 6) is -2.74. The first-order valence-corrected chi connectivity index (χ1v) is 11.5. The van der Waals surface area contributed by atoms with Crippen LogP contribution in [0.15, 0.2) is 18.2 Å². The standard InChI is InChI=1S/C22H33N7O6/c1-13(30)18(19(24)32)28-22(35)15-6-2-5-14(26-15)21(34)27-16(8-9-23)20(33)25-10-4-12-29-11-3-7-17(29)31/h2,5-6,13,16,18,30H,3-4,7-12,23H2,1H3,(H2,24,32)(H,25,33)(H,27,34)(H,28,35). The summed E-state index contributed by atoms with van der Waals surface area (Å²) in [6.07, 6.45) is 0.934. The number of aromatic nitrogens is 1. The van der Waals surface area contributed by atoms with E-state index in [1.54, 1.807) is 4.90 Å². The molecule has 0 aromatic carbocycles. The lowest BCUT2D eigenvalue weighted by Gasteiger charge is -2.19. The van der Waals surface area contributed by atoms with E-state index in [1.165, 1.54) is 25.1 Å². The highest BCUT2D eigenvalue weighted by Crippen LogP contribution is 2.09. The van der Waals surface area contributed by atoms with E-state index in [0.29, 0.717) is 25.9 Å². The number of aliphatic hydroxyl groups is 1. The summed E-state index contributed by atoms with van der Waals surface area (Å²) < 4.78 is 0. The Kier molecular flexibility index (Phi) is 10.5. The molecule has 2 rings (SSSR count). The molecule has 2 heterocycles. The average molecular weight is 492 g/mol. The predicted molar refractivity (Wildman–Crippen MR) is 125 cm³/mol. The van der Waals surface area contributed by atoms with Crippen molar-refractivity contribution < 1.29 is 29.1 Å². The second-order valence-corrected chi connectivity index (χ2v) is 8.23. The van der Waals surface area contributed by atoms with Crippen LogP contribution in [0.3, 0.4) is 0 Å². The van der Waals surface area contributed by atoms with Crippen molar-refractivity contribution in [2.75, 3.05) is 26.2 Å². The van der Waals surface area contributed by atoms with Gasteiger partial charge in [0, 0.05) is 26.1 Å². The first kappa shape index (κ1) is 27.7. The molecule has 0 radical (unpaired) electrons. The van der Waals surface area contributed by atoms with Gasteiger partial charge in [0.05, 0.1) is 6.10 Å². The monoisotopic (exact) mass is 491 g/mol. The lowest BCUT2D eigenvalue weighted by atomic mass is 10.1. The van der Waals surface area contributed by atoms with Gasteiger partial charge in [0.2, 0.25) is 17.7 Å². The summed E-state index contributed by atoms with van der Waals surface area (Å²) in [7, 11) is 0. The van der Waals surface area contributed by atoms with Gasteiger partial charge in [-0.3, -0.25) is 24.0 Å². The summed E-state index contributed by atoms with van der Waals surface area (Å²) in [6.45, 7) is 3.05. The van der Waals surface area contributed by atoms with Crippen molar-refractivity contribution in [2.24, 2.45) is 11.5 Å². The molecule has 192 valence electrons. The van der Waals surface area contributed by atoms with E-state index in [0.717, 1.165) is 13.0 Å². The van der Waals surface area contributed by atoms with Crippen LogP contribution >= 0.6 is 0 Å². The van der Waals surface area contributed by atoms with Crippen LogP contribution in [0.1, 0.15) is 53.6 Å². The van der Waals surface area contributed by atoms with E-state index < -0.39 is 41.8 Å². The van der Waals surface area contributed by atoms with Crippen LogP contribution in [-0.4, -0.2) is 88.9 Å². The molecule has 1 aromatic rings. The fourth-order valence-corrected chi connectivity index (χ4v) is 3.55. The zero-order valence-corrected chi connectivity index (χ0v) is 19.7. The van der Waals surface area contributed by atoms with Crippen LogP contribution < -0.4 is 27.4 Å². The van der Waals surface area contributed by atoms with E-state index in [1.807, 2.05) is 0 Å². The van der Waals surface area contributed by atoms with Crippen molar-refractivity contribution in [1.82, 2.24) is 25.8 Å². The Labute approximate surface area is 203 Å². The molecule has 3 unspecified atom stereocenters. The van der Waals surface area contributed by atoms with Gasteiger partial charge >= 0.3 is 0 Å². The van der Waals surface area contributed by atoms with Gasteiger partial charge in [-0.1, -0.05) is 6.07 Å². The summed E-state index contributed by atoms with van der Waals surface area (Å²) in [6, 6.07) is 1.84. The van der Waals surface area contributed by atoms with Crippen LogP contribution in [0.2, 0.25) is 0 Å². The van der Waals surface area contributed by atoms with Crippen molar-refractivity contribution in [3.63, 3.8) is 0 Å². The fraction of sp³-hybridized carbons (Fsp3) is 0.545. The number of nitrogens with two attached hydrogens (primary N) is 2. The molecule has 0 saturated carbocycles. The minimum atomic E-state index is -1.33. The third-order valence-corrected chi connectivity index (χ3v) is 5.44. The molecule has 1 aliphatic heterocycles. The molecule has 3 atom stereocenters. The molecule has 5 amide bonds. The molecule has 13 nitrogen and oxygen atoms in total. The third kappa shape index (κ3) is 8.30. The molecular weight excluding hydrogens is 458 g/mol. The number of aliphatic hydroxyl groups excluding tert-OH is 1. The lowest BCUT2D eigenvalue weighted by molar-refractivity contribution is -0.127. The van der Waals surface area contributed by atoms with E-state index in [2.05, 4.69) is 20.9 Å². The second kappa shape index (κ2) is 13.3. The highest BCUT2D eigenvalue weighted by atomic mass is 16.3. The molecule has 8 N–H and O–H groups in total. The van der Waals surface area contributed by atoms with Gasteiger partial charge in [-0.05, 0) is 44.9 Å². The number of hydrogen-bond donors (Lipinski definition) is 6. The highest BCUT2D eigenvalue weighted by Gasteiger charge is 2.26. The second-order valence-electron chi connectivity index (χ2n) is 8.23. The minimum Gasteiger partial charge on any atom is -0.391 e. The Balaban J connectivity index is 1.95. The maximum absolute atomic E-state index is 12.7. The van der Waals surface area contributed by atoms with Crippen LogP contribution in [-0.2, 0) is 14.4 Å². The number of rotatable bonds is 13. The van der Waals surface area contributed by atoms with Gasteiger partial charge in [0.25, 0.3) is 11.8 Å². The van der Waals surface area contributed by atoms with Crippen LogP contribution in [0.5, 0.6) is 0 Å². The number of carbonyl (C=O) groups excluding carboxylic acids is 5. The molecule has 35 heavy (non-hydrogen) atoms. The number of pyridine rings is 1. The quantitative estimate of drug-likeness (QED) is 0.164. The summed E-state index contributed by atoms with van der Waals surface area (Å²) >= 11 is 0. The average Bonchev–Trinajstić information content (AvgIpc) is 3.23. The van der Waals surface area contributed by atoms with Crippen molar-refractivity contribution in [3.05, 3.63) is 29.6 Å². The molecule has 1 saturated heterocycles. The van der Waals surface area contributed by atoms with Crippen molar-refractivity contribution in [2.45, 2.75) is 50.8 Å². The Morgan fingerprint density at radius 1 is 1.17 bits per heavy atom. The van der Waals surface area contributed by atoms with Crippen molar-refractivity contribution >= 4 is 29.5 Å². The van der Waals surface area contributed by atoms with Gasteiger partial charge in [-0.2, -0.15) is 0 Å². The largest absolute Gasteiger partial charge is 0.391 e. The van der Waals surface area contributed by atoms with E-state index in [4.69, 9.17) is 11.5 Å². The van der Waals surface area contributed by atoms with E-state index in [9.17, 15) is 29.1 Å². The molecule has 0 aliphatic carbocycles. The SMILES string of the molecule is CC(O)C(NC(=O)c1cccc(C(=O)NC(CCN)C(=O)NCCCN2CCCC2=O)n1)C(N)=O. The first-order chi connectivity index (χ1) is 16.6. The van der Waals surface area contributed by atoms with Gasteiger partial charge in [-0.25, -0.2) is 4.98 Å². The van der Waals surface area contributed by atoms with Crippen LogP contribution in [0.25, 0.3) is 0 Å². The molecule has 0 bridgehead atoms. The lowest BCUT2D eigenvalue weighted by Crippen LogP contribution is -2.51. The van der Waals surface area contributed by atoms with Crippen LogP contribution in [0, 0.1) is 0 Å². The Bertz CT molecular complexity index is 939. The van der Waals surface area contributed by atoms with Gasteiger partial charge in [-0.15, -0.1) is 0 Å². The molecular formula is C22H33N7O6. The summed E-state index contributed by atoms with van der Waals surface area (Å²) in [5, 5.41) is 17.2. The topological polar surface area (TPSA) is 210 Å². The smallest absolute Gasteiger partial charge is 0.270 e. The Morgan fingerprint density at radius 2 is 1.83 bits per heavy atom. The van der Waals surface area contributed by atoms with Crippen LogP contribution in [0.4, 0.5) is 0 Å². The van der Waals surface area contributed by atoms with Gasteiger partial charge in [0.15, 0.2) is 0 Å². The maximum atomic E-state index is 12.7. The predicted octanol–water partition coefficient (Wildman–Crippen LogP) is -2.38. The number of amides is 5. The molecule has 0 spiro atoms. The number of carbonyl (C=O) groups is 5. The zero-order valence-electron chi connectivity index (χ0n) is 19.7. The van der Waals surface area contributed by atoms with Crippen molar-refractivity contribution in [3.8, 4) is 0 Å². The molecule has 1 aromatic heterocycles. The normalized spacial score (nSPS) is 15.7. The highest BCUT2D eigenvalue weighted by molar-refractivity contribution is 5.99. The van der Waals surface area contributed by atoms with E-state index in [-0.39, 0.29) is 30.3 Å². The fourth-order valence-electron chi connectivity index (χ4n) is 3.55. The van der Waals surface area contributed by atoms with Gasteiger partial charge in [0.1, 0.15) is 23.5 Å². The van der Waals surface area contributed by atoms with E-state index >= 15 is 0 Å². The summed E-state index contributed by atoms with van der Waals surface area (Å²) in [5.41, 5.74) is 10.5. The molecule has 1 aliphatic rings.